The Hall–Kier alpha value is -2.83. The molecule has 1 aliphatic heterocycles. The number of para-hydroxylation sites is 1. The monoisotopic (exact) mass is 421 g/mol. The molecule has 0 saturated carbocycles. The van der Waals surface area contributed by atoms with Crippen molar-refractivity contribution >= 4 is 21.4 Å². The van der Waals surface area contributed by atoms with Crippen molar-refractivity contribution in [3.63, 3.8) is 0 Å². The molecule has 0 aromatic heterocycles. The number of benzene rings is 3. The number of sulfonamides is 1. The maximum absolute atomic E-state index is 12.8. The van der Waals surface area contributed by atoms with Crippen molar-refractivity contribution in [3.8, 4) is 0 Å². The highest BCUT2D eigenvalue weighted by Gasteiger charge is 2.28. The topological polar surface area (TPSA) is 52.7 Å². The molecule has 1 aliphatic rings. The normalized spacial score (nSPS) is 14.4. The minimum absolute atomic E-state index is 0.0941. The molecular formula is C24H27N3O2S. The first-order valence-corrected chi connectivity index (χ1v) is 11.6. The van der Waals surface area contributed by atoms with Gasteiger partial charge < -0.3 is 9.80 Å². The molecule has 0 radical (unpaired) electrons. The first-order valence-electron chi connectivity index (χ1n) is 10.1. The Balaban J connectivity index is 1.64. The summed E-state index contributed by atoms with van der Waals surface area (Å²) in [4.78, 5) is 4.66. The van der Waals surface area contributed by atoms with E-state index >= 15 is 0 Å². The van der Waals surface area contributed by atoms with Crippen LogP contribution < -0.4 is 14.5 Å². The highest BCUT2D eigenvalue weighted by molar-refractivity contribution is 7.89. The van der Waals surface area contributed by atoms with Crippen LogP contribution in [0.1, 0.15) is 17.2 Å². The summed E-state index contributed by atoms with van der Waals surface area (Å²) in [6, 6.07) is 25.2. The molecule has 0 bridgehead atoms. The summed E-state index contributed by atoms with van der Waals surface area (Å²) in [7, 11) is 0.445. The van der Waals surface area contributed by atoms with Crippen LogP contribution in [0.4, 0.5) is 11.4 Å². The van der Waals surface area contributed by atoms with E-state index in [0.29, 0.717) is 6.54 Å². The highest BCUT2D eigenvalue weighted by Crippen LogP contribution is 2.35. The average molecular weight is 422 g/mol. The molecule has 1 N–H and O–H groups in total. The van der Waals surface area contributed by atoms with Gasteiger partial charge in [0.05, 0.1) is 10.9 Å². The molecular weight excluding hydrogens is 394 g/mol. The lowest BCUT2D eigenvalue weighted by molar-refractivity contribution is 0.563. The van der Waals surface area contributed by atoms with E-state index in [2.05, 4.69) is 57.0 Å². The molecule has 0 spiro atoms. The Morgan fingerprint density at radius 2 is 1.60 bits per heavy atom. The quantitative estimate of drug-likeness (QED) is 0.630. The van der Waals surface area contributed by atoms with Crippen molar-refractivity contribution in [2.24, 2.45) is 0 Å². The maximum atomic E-state index is 12.8. The van der Waals surface area contributed by atoms with E-state index in [-0.39, 0.29) is 10.9 Å². The van der Waals surface area contributed by atoms with E-state index < -0.39 is 10.0 Å². The predicted octanol–water partition coefficient (Wildman–Crippen LogP) is 3.83. The van der Waals surface area contributed by atoms with Crippen LogP contribution in [0.3, 0.4) is 0 Å². The van der Waals surface area contributed by atoms with Crippen LogP contribution in [0.15, 0.2) is 83.8 Å². The third kappa shape index (κ3) is 4.20. The Kier molecular flexibility index (Phi) is 5.79. The van der Waals surface area contributed by atoms with Gasteiger partial charge in [-0.05, 0) is 47.9 Å². The molecule has 30 heavy (non-hydrogen) atoms. The fourth-order valence-electron chi connectivity index (χ4n) is 3.96. The largest absolute Gasteiger partial charge is 0.378 e. The summed E-state index contributed by atoms with van der Waals surface area (Å²) >= 11 is 0. The van der Waals surface area contributed by atoms with Crippen molar-refractivity contribution < 1.29 is 8.42 Å². The van der Waals surface area contributed by atoms with Crippen LogP contribution in [0, 0.1) is 0 Å². The molecule has 1 atom stereocenters. The van der Waals surface area contributed by atoms with Gasteiger partial charge in [-0.3, -0.25) is 0 Å². The number of rotatable bonds is 7. The number of hydrogen-bond donors (Lipinski definition) is 1. The minimum Gasteiger partial charge on any atom is -0.378 e. The second-order valence-electron chi connectivity index (χ2n) is 7.74. The number of anilines is 2. The molecule has 0 aliphatic carbocycles. The van der Waals surface area contributed by atoms with Crippen LogP contribution in [-0.4, -0.2) is 35.6 Å². The summed E-state index contributed by atoms with van der Waals surface area (Å²) in [6.07, 6.45) is 0.966. The fourth-order valence-corrected chi connectivity index (χ4v) is 5.02. The van der Waals surface area contributed by atoms with Gasteiger partial charge in [-0.25, -0.2) is 13.1 Å². The molecule has 6 heteroatoms. The lowest BCUT2D eigenvalue weighted by Crippen LogP contribution is -2.37. The lowest BCUT2D eigenvalue weighted by atomic mass is 10.0. The van der Waals surface area contributed by atoms with E-state index in [1.165, 1.54) is 11.3 Å². The van der Waals surface area contributed by atoms with Crippen molar-refractivity contribution in [2.45, 2.75) is 17.4 Å². The number of fused-ring (bicyclic) bond motifs is 1. The zero-order valence-electron chi connectivity index (χ0n) is 17.3. The molecule has 1 heterocycles. The summed E-state index contributed by atoms with van der Waals surface area (Å²) in [5.74, 6) is 0. The highest BCUT2D eigenvalue weighted by atomic mass is 32.2. The van der Waals surface area contributed by atoms with Gasteiger partial charge in [0.25, 0.3) is 0 Å². The average Bonchev–Trinajstić information content (AvgIpc) is 3.19. The predicted molar refractivity (Wildman–Crippen MR) is 123 cm³/mol. The second-order valence-corrected chi connectivity index (χ2v) is 9.51. The summed E-state index contributed by atoms with van der Waals surface area (Å²) in [5, 5.41) is 0. The van der Waals surface area contributed by atoms with Crippen LogP contribution in [0.5, 0.6) is 0 Å². The molecule has 0 saturated heterocycles. The van der Waals surface area contributed by atoms with Crippen molar-refractivity contribution in [3.05, 3.63) is 90.0 Å². The fraction of sp³-hybridized carbons (Fsp3) is 0.250. The third-order valence-corrected chi connectivity index (χ3v) is 7.05. The number of hydrogen-bond acceptors (Lipinski definition) is 4. The van der Waals surface area contributed by atoms with Crippen LogP contribution in [0.2, 0.25) is 0 Å². The van der Waals surface area contributed by atoms with Crippen LogP contribution >= 0.6 is 0 Å². The molecule has 156 valence electrons. The summed E-state index contributed by atoms with van der Waals surface area (Å²) in [5.41, 5.74) is 4.69. The van der Waals surface area contributed by atoms with Crippen LogP contribution in [-0.2, 0) is 16.4 Å². The zero-order valence-corrected chi connectivity index (χ0v) is 18.1. The molecule has 3 aromatic rings. The van der Waals surface area contributed by atoms with Gasteiger partial charge in [-0.15, -0.1) is 0 Å². The van der Waals surface area contributed by atoms with Gasteiger partial charge in [0, 0.05) is 38.6 Å². The van der Waals surface area contributed by atoms with Gasteiger partial charge in [0.15, 0.2) is 0 Å². The van der Waals surface area contributed by atoms with Gasteiger partial charge in [0.2, 0.25) is 10.0 Å². The SMILES string of the molecule is CN(C)c1ccc([C@@H](CNS(=O)(=O)c2ccccc2)N2CCc3ccccc32)cc1. The number of nitrogens with one attached hydrogen (secondary N) is 1. The van der Waals surface area contributed by atoms with E-state index in [0.717, 1.165) is 24.2 Å². The molecule has 0 amide bonds. The van der Waals surface area contributed by atoms with E-state index in [1.807, 2.05) is 26.2 Å². The van der Waals surface area contributed by atoms with Gasteiger partial charge >= 0.3 is 0 Å². The van der Waals surface area contributed by atoms with E-state index in [9.17, 15) is 8.42 Å². The van der Waals surface area contributed by atoms with Gasteiger partial charge in [-0.2, -0.15) is 0 Å². The standard InChI is InChI=1S/C24H27N3O2S/c1-26(2)21-14-12-20(13-15-21)24(27-17-16-19-8-6-7-11-23(19)27)18-25-30(28,29)22-9-4-3-5-10-22/h3-15,24-25H,16-18H2,1-2H3/t24-/m1/s1. The van der Waals surface area contributed by atoms with Crippen molar-refractivity contribution in [1.29, 1.82) is 0 Å². The van der Waals surface area contributed by atoms with Crippen LogP contribution in [0.25, 0.3) is 0 Å². The van der Waals surface area contributed by atoms with Gasteiger partial charge in [-0.1, -0.05) is 48.5 Å². The Morgan fingerprint density at radius 3 is 2.30 bits per heavy atom. The molecule has 3 aromatic carbocycles. The molecule has 4 rings (SSSR count). The summed E-state index contributed by atoms with van der Waals surface area (Å²) < 4.78 is 28.5. The number of nitrogens with zero attached hydrogens (tertiary/aromatic N) is 2. The lowest BCUT2D eigenvalue weighted by Gasteiger charge is -2.31. The molecule has 0 unspecified atom stereocenters. The first kappa shape index (κ1) is 20.4. The third-order valence-electron chi connectivity index (χ3n) is 5.61. The summed E-state index contributed by atoms with van der Waals surface area (Å²) in [6.45, 7) is 1.17. The zero-order chi connectivity index (χ0) is 21.1. The molecule has 5 nitrogen and oxygen atoms in total. The maximum Gasteiger partial charge on any atom is 0.240 e. The smallest absolute Gasteiger partial charge is 0.240 e. The molecule has 0 fully saturated rings. The first-order chi connectivity index (χ1) is 14.5. The van der Waals surface area contributed by atoms with E-state index in [4.69, 9.17) is 0 Å². The minimum atomic E-state index is -3.58. The second kappa shape index (κ2) is 8.50. The van der Waals surface area contributed by atoms with E-state index in [1.54, 1.807) is 24.3 Å². The Morgan fingerprint density at radius 1 is 0.933 bits per heavy atom. The Bertz CT molecular complexity index is 1100. The van der Waals surface area contributed by atoms with Crippen molar-refractivity contribution in [2.75, 3.05) is 37.0 Å². The van der Waals surface area contributed by atoms with Gasteiger partial charge in [0.1, 0.15) is 0 Å². The Labute approximate surface area is 179 Å². The van der Waals surface area contributed by atoms with Crippen molar-refractivity contribution in [1.82, 2.24) is 4.72 Å².